The number of nitrogens with one attached hydrogen (secondary N) is 2. The number of carbonyl (C=O) groups excluding carboxylic acids is 2. The summed E-state index contributed by atoms with van der Waals surface area (Å²) in [5.74, 6) is 0.400. The zero-order valence-electron chi connectivity index (χ0n) is 18.6. The molecular weight excluding hydrogens is 448 g/mol. The molecule has 0 spiro atoms. The number of carbonyl (C=O) groups is 2. The van der Waals surface area contributed by atoms with Crippen molar-refractivity contribution in [2.75, 3.05) is 17.2 Å². The van der Waals surface area contributed by atoms with Crippen LogP contribution in [-0.4, -0.2) is 18.4 Å². The van der Waals surface area contributed by atoms with E-state index in [0.717, 1.165) is 10.5 Å². The van der Waals surface area contributed by atoms with E-state index < -0.39 is 5.25 Å². The van der Waals surface area contributed by atoms with Gasteiger partial charge in [-0.15, -0.1) is 11.8 Å². The number of ether oxygens (including phenoxy) is 1. The molecule has 0 saturated carbocycles. The first-order valence-corrected chi connectivity index (χ1v) is 11.7. The van der Waals surface area contributed by atoms with Gasteiger partial charge in [-0.3, -0.25) is 9.59 Å². The number of anilines is 2. The number of para-hydroxylation sites is 2. The Balaban J connectivity index is 1.51. The Morgan fingerprint density at radius 1 is 0.882 bits per heavy atom. The third kappa shape index (κ3) is 5.88. The minimum absolute atomic E-state index is 0.154. The minimum atomic E-state index is -0.487. The van der Waals surface area contributed by atoms with E-state index in [1.54, 1.807) is 24.3 Å². The van der Waals surface area contributed by atoms with E-state index in [0.29, 0.717) is 23.7 Å². The molecule has 0 saturated heterocycles. The van der Waals surface area contributed by atoms with Gasteiger partial charge in [0.15, 0.2) is 5.76 Å². The van der Waals surface area contributed by atoms with E-state index in [1.165, 1.54) is 18.0 Å². The molecule has 2 N–H and O–H groups in total. The van der Waals surface area contributed by atoms with Crippen molar-refractivity contribution in [1.29, 1.82) is 0 Å². The Hall–Kier alpha value is -3.97. The van der Waals surface area contributed by atoms with Crippen LogP contribution in [0.4, 0.5) is 11.4 Å². The maximum absolute atomic E-state index is 13.4. The number of furan rings is 1. The highest BCUT2D eigenvalue weighted by atomic mass is 32.2. The van der Waals surface area contributed by atoms with E-state index in [9.17, 15) is 9.59 Å². The van der Waals surface area contributed by atoms with Gasteiger partial charge < -0.3 is 19.8 Å². The highest BCUT2D eigenvalue weighted by Gasteiger charge is 2.23. The quantitative estimate of drug-likeness (QED) is 0.275. The second-order valence-electron chi connectivity index (χ2n) is 7.28. The van der Waals surface area contributed by atoms with E-state index in [1.807, 2.05) is 73.7 Å². The molecule has 1 unspecified atom stereocenters. The molecule has 0 aliphatic carbocycles. The van der Waals surface area contributed by atoms with Gasteiger partial charge in [0.2, 0.25) is 5.91 Å². The van der Waals surface area contributed by atoms with E-state index in [-0.39, 0.29) is 17.6 Å². The van der Waals surface area contributed by atoms with Crippen molar-refractivity contribution in [2.45, 2.75) is 17.1 Å². The molecule has 34 heavy (non-hydrogen) atoms. The molecule has 0 aliphatic heterocycles. The lowest BCUT2D eigenvalue weighted by atomic mass is 10.1. The lowest BCUT2D eigenvalue weighted by Crippen LogP contribution is -2.19. The maximum Gasteiger partial charge on any atom is 0.291 e. The Bertz CT molecular complexity index is 1230. The number of amides is 2. The van der Waals surface area contributed by atoms with Gasteiger partial charge in [0, 0.05) is 10.6 Å². The van der Waals surface area contributed by atoms with Crippen LogP contribution in [0.3, 0.4) is 0 Å². The third-order valence-corrected chi connectivity index (χ3v) is 6.16. The second-order valence-corrected chi connectivity index (χ2v) is 8.46. The minimum Gasteiger partial charge on any atom is -0.492 e. The average molecular weight is 473 g/mol. The molecule has 1 aromatic heterocycles. The summed E-state index contributed by atoms with van der Waals surface area (Å²) in [4.78, 5) is 26.4. The summed E-state index contributed by atoms with van der Waals surface area (Å²) >= 11 is 1.43. The summed E-state index contributed by atoms with van der Waals surface area (Å²) in [7, 11) is 0. The highest BCUT2D eigenvalue weighted by molar-refractivity contribution is 8.00. The predicted octanol–water partition coefficient (Wildman–Crippen LogP) is 6.40. The van der Waals surface area contributed by atoms with Gasteiger partial charge >= 0.3 is 0 Å². The number of thioether (sulfide) groups is 1. The molecule has 6 nitrogen and oxygen atoms in total. The third-order valence-electron chi connectivity index (χ3n) is 4.90. The van der Waals surface area contributed by atoms with Gasteiger partial charge in [-0.2, -0.15) is 0 Å². The number of benzene rings is 3. The molecule has 1 heterocycles. The van der Waals surface area contributed by atoms with Gasteiger partial charge in [-0.05, 0) is 61.0 Å². The van der Waals surface area contributed by atoms with Crippen LogP contribution in [0.15, 0.2) is 107 Å². The first-order chi connectivity index (χ1) is 16.6. The first-order valence-electron chi connectivity index (χ1n) is 10.8. The Morgan fingerprint density at radius 2 is 1.62 bits per heavy atom. The Kier molecular flexibility index (Phi) is 7.67. The molecule has 0 aliphatic rings. The highest BCUT2D eigenvalue weighted by Crippen LogP contribution is 2.37. The van der Waals surface area contributed by atoms with Gasteiger partial charge in [0.1, 0.15) is 11.0 Å². The lowest BCUT2D eigenvalue weighted by Gasteiger charge is -2.18. The van der Waals surface area contributed by atoms with Crippen molar-refractivity contribution < 1.29 is 18.7 Å². The predicted molar refractivity (Wildman–Crippen MR) is 134 cm³/mol. The number of hydrogen-bond acceptors (Lipinski definition) is 5. The van der Waals surface area contributed by atoms with Gasteiger partial charge in [0.25, 0.3) is 5.91 Å². The fourth-order valence-corrected chi connectivity index (χ4v) is 4.33. The summed E-state index contributed by atoms with van der Waals surface area (Å²) in [6.45, 7) is 2.41. The number of hydrogen-bond donors (Lipinski definition) is 2. The normalized spacial score (nSPS) is 11.4. The summed E-state index contributed by atoms with van der Waals surface area (Å²) < 4.78 is 10.8. The second kappa shape index (κ2) is 11.2. The first kappa shape index (κ1) is 23.2. The summed E-state index contributed by atoms with van der Waals surface area (Å²) in [6.07, 6.45) is 1.45. The van der Waals surface area contributed by atoms with Gasteiger partial charge in [0.05, 0.1) is 18.6 Å². The fourth-order valence-electron chi connectivity index (χ4n) is 3.30. The summed E-state index contributed by atoms with van der Waals surface area (Å²) in [5, 5.41) is 5.32. The average Bonchev–Trinajstić information content (AvgIpc) is 3.41. The van der Waals surface area contributed by atoms with E-state index in [4.69, 9.17) is 9.15 Å². The van der Waals surface area contributed by atoms with Crippen molar-refractivity contribution in [3.63, 3.8) is 0 Å². The SMILES string of the molecule is CCOc1ccccc1NC(=O)C(Sc1ccc(NC(=O)c2ccco2)cc1)c1ccccc1. The molecule has 4 rings (SSSR count). The van der Waals surface area contributed by atoms with Crippen LogP contribution in [0, 0.1) is 0 Å². The Labute approximate surface area is 202 Å². The zero-order chi connectivity index (χ0) is 23.8. The summed E-state index contributed by atoms with van der Waals surface area (Å²) in [5.41, 5.74) is 2.15. The maximum atomic E-state index is 13.4. The molecule has 172 valence electrons. The number of rotatable bonds is 9. The standard InChI is InChI=1S/C27H24N2O4S/c1-2-32-23-12-7-6-11-22(23)29-27(31)25(19-9-4-3-5-10-19)34-21-16-14-20(15-17-21)28-26(30)24-13-8-18-33-24/h3-18,25H,2H2,1H3,(H,28,30)(H,29,31). The topological polar surface area (TPSA) is 80.6 Å². The largest absolute Gasteiger partial charge is 0.492 e. The van der Waals surface area contributed by atoms with Crippen molar-refractivity contribution in [3.05, 3.63) is 109 Å². The molecular formula is C27H24N2O4S. The van der Waals surface area contributed by atoms with Crippen molar-refractivity contribution in [2.24, 2.45) is 0 Å². The monoisotopic (exact) mass is 472 g/mol. The lowest BCUT2D eigenvalue weighted by molar-refractivity contribution is -0.115. The molecule has 2 amide bonds. The molecule has 0 fully saturated rings. The fraction of sp³-hybridized carbons (Fsp3) is 0.111. The van der Waals surface area contributed by atoms with Crippen molar-refractivity contribution >= 4 is 35.0 Å². The zero-order valence-corrected chi connectivity index (χ0v) is 19.4. The Morgan fingerprint density at radius 3 is 2.32 bits per heavy atom. The molecule has 0 bridgehead atoms. The molecule has 7 heteroatoms. The summed E-state index contributed by atoms with van der Waals surface area (Å²) in [6, 6.07) is 27.6. The van der Waals surface area contributed by atoms with E-state index in [2.05, 4.69) is 10.6 Å². The van der Waals surface area contributed by atoms with Crippen LogP contribution in [-0.2, 0) is 4.79 Å². The van der Waals surface area contributed by atoms with Gasteiger partial charge in [-0.25, -0.2) is 0 Å². The van der Waals surface area contributed by atoms with Crippen LogP contribution in [0.2, 0.25) is 0 Å². The van der Waals surface area contributed by atoms with Crippen LogP contribution in [0.25, 0.3) is 0 Å². The smallest absolute Gasteiger partial charge is 0.291 e. The van der Waals surface area contributed by atoms with Crippen LogP contribution in [0.5, 0.6) is 5.75 Å². The molecule has 4 aromatic rings. The molecule has 0 radical (unpaired) electrons. The van der Waals surface area contributed by atoms with Crippen LogP contribution >= 0.6 is 11.8 Å². The van der Waals surface area contributed by atoms with Crippen LogP contribution < -0.4 is 15.4 Å². The molecule has 3 aromatic carbocycles. The molecule has 1 atom stereocenters. The van der Waals surface area contributed by atoms with Crippen LogP contribution in [0.1, 0.15) is 28.3 Å². The van der Waals surface area contributed by atoms with Crippen molar-refractivity contribution in [3.8, 4) is 5.75 Å². The van der Waals surface area contributed by atoms with E-state index >= 15 is 0 Å². The van der Waals surface area contributed by atoms with Crippen molar-refractivity contribution in [1.82, 2.24) is 0 Å². The van der Waals surface area contributed by atoms with Gasteiger partial charge in [-0.1, -0.05) is 42.5 Å².